The first-order valence-electron chi connectivity index (χ1n) is 4.18. The first-order chi connectivity index (χ1) is 4.47. The Labute approximate surface area is 56.0 Å². The lowest BCUT2D eigenvalue weighted by atomic mass is 9.98. The molecule has 2 fully saturated rings. The Bertz CT molecular complexity index is 172. The molecule has 48 valence electrons. The van der Waals surface area contributed by atoms with Crippen LogP contribution in [0.1, 0.15) is 25.7 Å². The van der Waals surface area contributed by atoms with E-state index in [1.807, 2.05) is 5.57 Å². The second-order valence-corrected chi connectivity index (χ2v) is 3.76. The topological polar surface area (TPSA) is 0 Å². The Kier molecular flexibility index (Phi) is 0.633. The fourth-order valence-electron chi connectivity index (χ4n) is 2.46. The van der Waals surface area contributed by atoms with E-state index < -0.39 is 0 Å². The van der Waals surface area contributed by atoms with Crippen molar-refractivity contribution in [2.75, 3.05) is 0 Å². The van der Waals surface area contributed by atoms with Gasteiger partial charge in [-0.25, -0.2) is 0 Å². The van der Waals surface area contributed by atoms with Crippen molar-refractivity contribution < 1.29 is 0 Å². The SMILES string of the molecule is C1=C2C1C2C1CCCC1. The molecule has 0 spiro atoms. The average molecular weight is 120 g/mol. The summed E-state index contributed by atoms with van der Waals surface area (Å²) in [5.74, 6) is 3.30. The van der Waals surface area contributed by atoms with Crippen LogP contribution < -0.4 is 0 Å². The van der Waals surface area contributed by atoms with Gasteiger partial charge in [0.05, 0.1) is 0 Å². The van der Waals surface area contributed by atoms with Gasteiger partial charge in [0.2, 0.25) is 0 Å². The maximum absolute atomic E-state index is 2.43. The molecule has 9 heavy (non-hydrogen) atoms. The third-order valence-corrected chi connectivity index (χ3v) is 3.22. The van der Waals surface area contributed by atoms with E-state index >= 15 is 0 Å². The molecule has 0 aromatic heterocycles. The summed E-state index contributed by atoms with van der Waals surface area (Å²) in [5.41, 5.74) is 1.82. The molecule has 0 heterocycles. The summed E-state index contributed by atoms with van der Waals surface area (Å²) in [6.07, 6.45) is 8.54. The quantitative estimate of drug-likeness (QED) is 0.466. The number of rotatable bonds is 1. The number of hydrogen-bond donors (Lipinski definition) is 0. The van der Waals surface area contributed by atoms with Crippen LogP contribution in [0.3, 0.4) is 0 Å². The van der Waals surface area contributed by atoms with E-state index in [1.165, 1.54) is 12.8 Å². The van der Waals surface area contributed by atoms with Crippen LogP contribution in [0, 0.1) is 17.8 Å². The van der Waals surface area contributed by atoms with Crippen LogP contribution in [0.25, 0.3) is 0 Å². The zero-order valence-electron chi connectivity index (χ0n) is 5.64. The minimum atomic E-state index is 1.05. The van der Waals surface area contributed by atoms with Gasteiger partial charge in [0.25, 0.3) is 0 Å². The molecule has 0 radical (unpaired) electrons. The number of fused-ring (bicyclic) bond motifs is 1. The summed E-state index contributed by atoms with van der Waals surface area (Å²) in [4.78, 5) is 0. The van der Waals surface area contributed by atoms with E-state index in [4.69, 9.17) is 0 Å². The number of hydrogen-bond acceptors (Lipinski definition) is 0. The van der Waals surface area contributed by atoms with Gasteiger partial charge in [-0.15, -0.1) is 0 Å². The average Bonchev–Trinajstić information content (AvgIpc) is 2.66. The minimum Gasteiger partial charge on any atom is -0.0766 e. The molecule has 0 aliphatic heterocycles. The van der Waals surface area contributed by atoms with Gasteiger partial charge in [-0.05, 0) is 24.7 Å². The monoisotopic (exact) mass is 120 g/mol. The lowest BCUT2D eigenvalue weighted by molar-refractivity contribution is 0.464. The highest BCUT2D eigenvalue weighted by molar-refractivity contribution is 5.51. The van der Waals surface area contributed by atoms with Crippen molar-refractivity contribution in [3.05, 3.63) is 11.6 Å². The van der Waals surface area contributed by atoms with Gasteiger partial charge >= 0.3 is 0 Å². The molecule has 0 amide bonds. The Hall–Kier alpha value is -0.260. The Morgan fingerprint density at radius 3 is 2.33 bits per heavy atom. The van der Waals surface area contributed by atoms with Crippen LogP contribution in [0.15, 0.2) is 11.6 Å². The summed E-state index contributed by atoms with van der Waals surface area (Å²) in [5, 5.41) is 0. The molecule has 3 aliphatic carbocycles. The second kappa shape index (κ2) is 1.25. The molecule has 0 aromatic rings. The van der Waals surface area contributed by atoms with Crippen molar-refractivity contribution in [1.82, 2.24) is 0 Å². The fraction of sp³-hybridized carbons (Fsp3) is 0.778. The van der Waals surface area contributed by atoms with Crippen LogP contribution in [-0.2, 0) is 0 Å². The Balaban J connectivity index is 1.72. The van der Waals surface area contributed by atoms with E-state index in [0.717, 1.165) is 17.8 Å². The standard InChI is InChI=1S/C9H12/c1-2-4-6(3-1)9-7-5-8(7)9/h5-7,9H,1-4H2. The maximum Gasteiger partial charge on any atom is 0.00516 e. The summed E-state index contributed by atoms with van der Waals surface area (Å²) in [6, 6.07) is 0. The molecule has 0 aromatic carbocycles. The molecule has 0 nitrogen and oxygen atoms in total. The molecule has 0 heteroatoms. The highest BCUT2D eigenvalue weighted by atomic mass is 14.6. The van der Waals surface area contributed by atoms with Gasteiger partial charge in [-0.3, -0.25) is 0 Å². The normalized spacial score (nSPS) is 46.4. The Morgan fingerprint density at radius 1 is 1.22 bits per heavy atom. The summed E-state index contributed by atoms with van der Waals surface area (Å²) < 4.78 is 0. The second-order valence-electron chi connectivity index (χ2n) is 3.76. The largest absolute Gasteiger partial charge is 0.0766 e. The van der Waals surface area contributed by atoms with Gasteiger partial charge in [0.15, 0.2) is 0 Å². The summed E-state index contributed by atoms with van der Waals surface area (Å²) in [6.45, 7) is 0. The van der Waals surface area contributed by atoms with Gasteiger partial charge in [-0.2, -0.15) is 0 Å². The zero-order chi connectivity index (χ0) is 5.84. The zero-order valence-corrected chi connectivity index (χ0v) is 5.64. The van der Waals surface area contributed by atoms with Crippen molar-refractivity contribution in [1.29, 1.82) is 0 Å². The van der Waals surface area contributed by atoms with Crippen molar-refractivity contribution in [3.8, 4) is 0 Å². The third kappa shape index (κ3) is 0.493. The third-order valence-electron chi connectivity index (χ3n) is 3.22. The van der Waals surface area contributed by atoms with E-state index in [-0.39, 0.29) is 0 Å². The molecule has 3 aliphatic rings. The summed E-state index contributed by atoms with van der Waals surface area (Å²) >= 11 is 0. The minimum absolute atomic E-state index is 1.05. The number of allylic oxidation sites excluding steroid dienone is 2. The van der Waals surface area contributed by atoms with Crippen LogP contribution >= 0.6 is 0 Å². The van der Waals surface area contributed by atoms with Gasteiger partial charge < -0.3 is 0 Å². The van der Waals surface area contributed by atoms with Crippen LogP contribution in [0.4, 0.5) is 0 Å². The van der Waals surface area contributed by atoms with E-state index in [1.54, 1.807) is 12.8 Å². The molecule has 0 bridgehead atoms. The molecule has 2 unspecified atom stereocenters. The molecular weight excluding hydrogens is 108 g/mol. The predicted molar refractivity (Wildman–Crippen MR) is 37.0 cm³/mol. The molecular formula is C9H12. The highest BCUT2D eigenvalue weighted by Crippen LogP contribution is 2.66. The molecule has 0 saturated heterocycles. The van der Waals surface area contributed by atoms with Gasteiger partial charge in [-0.1, -0.05) is 24.5 Å². The van der Waals surface area contributed by atoms with Crippen LogP contribution in [0.2, 0.25) is 0 Å². The van der Waals surface area contributed by atoms with Crippen molar-refractivity contribution >= 4 is 0 Å². The summed E-state index contributed by atoms with van der Waals surface area (Å²) in [7, 11) is 0. The molecule has 3 rings (SSSR count). The van der Waals surface area contributed by atoms with E-state index in [0.29, 0.717) is 0 Å². The first-order valence-corrected chi connectivity index (χ1v) is 4.18. The van der Waals surface area contributed by atoms with Crippen molar-refractivity contribution in [3.63, 3.8) is 0 Å². The van der Waals surface area contributed by atoms with E-state index in [2.05, 4.69) is 6.08 Å². The lowest BCUT2D eigenvalue weighted by Gasteiger charge is -2.06. The highest BCUT2D eigenvalue weighted by Gasteiger charge is 2.56. The molecule has 2 saturated carbocycles. The van der Waals surface area contributed by atoms with Crippen LogP contribution in [-0.4, -0.2) is 0 Å². The first kappa shape index (κ1) is 4.54. The molecule has 0 N–H and O–H groups in total. The van der Waals surface area contributed by atoms with Gasteiger partial charge in [0, 0.05) is 5.92 Å². The molecule has 2 atom stereocenters. The fourth-order valence-corrected chi connectivity index (χ4v) is 2.46. The van der Waals surface area contributed by atoms with Crippen molar-refractivity contribution in [2.24, 2.45) is 17.8 Å². The van der Waals surface area contributed by atoms with E-state index in [9.17, 15) is 0 Å². The Morgan fingerprint density at radius 2 is 1.89 bits per heavy atom. The van der Waals surface area contributed by atoms with Crippen molar-refractivity contribution in [2.45, 2.75) is 25.7 Å². The lowest BCUT2D eigenvalue weighted by Crippen LogP contribution is -1.99. The smallest absolute Gasteiger partial charge is 0.00516 e. The maximum atomic E-state index is 2.43. The van der Waals surface area contributed by atoms with Gasteiger partial charge in [0.1, 0.15) is 0 Å². The van der Waals surface area contributed by atoms with Crippen LogP contribution in [0.5, 0.6) is 0 Å². The predicted octanol–water partition coefficient (Wildman–Crippen LogP) is 2.36.